The van der Waals surface area contributed by atoms with Crippen LogP contribution in [0.2, 0.25) is 0 Å². The Morgan fingerprint density at radius 1 is 0.727 bits per heavy atom. The van der Waals surface area contributed by atoms with Gasteiger partial charge in [0.05, 0.1) is 5.56 Å². The highest BCUT2D eigenvalue weighted by molar-refractivity contribution is 6.06. The van der Waals surface area contributed by atoms with Crippen molar-refractivity contribution in [1.29, 1.82) is 0 Å². The summed E-state index contributed by atoms with van der Waals surface area (Å²) >= 11 is 0. The second-order valence-corrected chi connectivity index (χ2v) is 11.3. The average Bonchev–Trinajstić information content (AvgIpc) is 3.09. The fourth-order valence-corrected chi connectivity index (χ4v) is 5.83. The number of hydrogen-bond donors (Lipinski definition) is 2. The van der Waals surface area contributed by atoms with Crippen molar-refractivity contribution in [3.8, 4) is 11.1 Å². The van der Waals surface area contributed by atoms with Crippen LogP contribution in [0.5, 0.6) is 0 Å². The minimum atomic E-state index is -0.221. The lowest BCUT2D eigenvalue weighted by Crippen LogP contribution is -2.36. The number of anilines is 2. The van der Waals surface area contributed by atoms with Gasteiger partial charge in [-0.3, -0.25) is 14.6 Å². The molecule has 220 valence electrons. The normalized spacial score (nSPS) is 13.3. The third kappa shape index (κ3) is 7.21. The van der Waals surface area contributed by atoms with Gasteiger partial charge in [-0.1, -0.05) is 78.9 Å². The van der Waals surface area contributed by atoms with E-state index in [0.717, 1.165) is 54.7 Å². The van der Waals surface area contributed by atoms with Crippen molar-refractivity contribution in [3.63, 3.8) is 0 Å². The van der Waals surface area contributed by atoms with Gasteiger partial charge in [-0.2, -0.15) is 0 Å². The molecular formula is C38H36N4O2. The van der Waals surface area contributed by atoms with Gasteiger partial charge in [-0.25, -0.2) is 0 Å². The Morgan fingerprint density at radius 2 is 1.41 bits per heavy atom. The zero-order chi connectivity index (χ0) is 30.1. The number of carbonyl (C=O) groups is 2. The number of hydrogen-bond acceptors (Lipinski definition) is 4. The molecule has 1 aromatic heterocycles. The summed E-state index contributed by atoms with van der Waals surface area (Å²) in [6, 6.07) is 37.7. The Labute approximate surface area is 258 Å². The third-order valence-corrected chi connectivity index (χ3v) is 8.25. The van der Waals surface area contributed by atoms with Gasteiger partial charge in [0.1, 0.15) is 0 Å². The van der Waals surface area contributed by atoms with Crippen LogP contribution < -0.4 is 15.5 Å². The summed E-state index contributed by atoms with van der Waals surface area (Å²) in [6.07, 6.45) is 6.65. The topological polar surface area (TPSA) is 74.3 Å². The van der Waals surface area contributed by atoms with Crippen molar-refractivity contribution in [3.05, 3.63) is 150 Å². The van der Waals surface area contributed by atoms with Crippen molar-refractivity contribution >= 4 is 23.2 Å². The van der Waals surface area contributed by atoms with E-state index in [1.165, 1.54) is 5.56 Å². The van der Waals surface area contributed by atoms with Crippen LogP contribution in [0.3, 0.4) is 0 Å². The third-order valence-electron chi connectivity index (χ3n) is 8.25. The molecule has 6 nitrogen and oxygen atoms in total. The monoisotopic (exact) mass is 580 g/mol. The summed E-state index contributed by atoms with van der Waals surface area (Å²) in [4.78, 5) is 33.2. The molecule has 0 unspecified atom stereocenters. The van der Waals surface area contributed by atoms with Crippen LogP contribution in [0.4, 0.5) is 11.4 Å². The summed E-state index contributed by atoms with van der Waals surface area (Å²) < 4.78 is 0. The fourth-order valence-electron chi connectivity index (χ4n) is 5.83. The number of nitrogens with one attached hydrogen (secondary N) is 2. The van der Waals surface area contributed by atoms with Gasteiger partial charge in [-0.05, 0) is 83.8 Å². The predicted octanol–water partition coefficient (Wildman–Crippen LogP) is 7.39. The van der Waals surface area contributed by atoms with Crippen LogP contribution in [-0.2, 0) is 13.0 Å². The summed E-state index contributed by atoms with van der Waals surface area (Å²) in [5.74, 6) is 0.211. The van der Waals surface area contributed by atoms with E-state index in [1.54, 1.807) is 18.5 Å². The second-order valence-electron chi connectivity index (χ2n) is 11.3. The molecule has 0 saturated carbocycles. The molecule has 5 aromatic rings. The second kappa shape index (κ2) is 13.8. The highest BCUT2D eigenvalue weighted by Gasteiger charge is 2.24. The van der Waals surface area contributed by atoms with Crippen LogP contribution in [0.1, 0.15) is 44.7 Å². The minimum absolute atomic E-state index is 0.182. The van der Waals surface area contributed by atoms with Crippen LogP contribution in [0.25, 0.3) is 11.1 Å². The lowest BCUT2D eigenvalue weighted by atomic mass is 9.89. The molecule has 2 N–H and O–H groups in total. The van der Waals surface area contributed by atoms with Crippen molar-refractivity contribution in [2.75, 3.05) is 23.3 Å². The molecule has 0 aliphatic carbocycles. The van der Waals surface area contributed by atoms with Crippen LogP contribution in [0.15, 0.2) is 128 Å². The van der Waals surface area contributed by atoms with E-state index in [2.05, 4.69) is 50.8 Å². The number of nitrogens with zero attached hydrogens (tertiary/aromatic N) is 2. The molecule has 2 heterocycles. The molecule has 0 spiro atoms. The van der Waals surface area contributed by atoms with Gasteiger partial charge in [0, 0.05) is 49.0 Å². The number of carbonyl (C=O) groups excluding carboxylic acids is 2. The number of pyridine rings is 1. The maximum absolute atomic E-state index is 13.6. The zero-order valence-corrected chi connectivity index (χ0v) is 24.7. The van der Waals surface area contributed by atoms with E-state index < -0.39 is 0 Å². The fraction of sp³-hybridized carbons (Fsp3) is 0.184. The van der Waals surface area contributed by atoms with Gasteiger partial charge in [0.25, 0.3) is 11.8 Å². The van der Waals surface area contributed by atoms with Crippen molar-refractivity contribution in [2.45, 2.75) is 25.8 Å². The first-order chi connectivity index (χ1) is 21.6. The van der Waals surface area contributed by atoms with Crippen LogP contribution in [-0.4, -0.2) is 29.9 Å². The molecule has 0 radical (unpaired) electrons. The Hall–Kier alpha value is -5.23. The van der Waals surface area contributed by atoms with E-state index in [1.807, 2.05) is 78.9 Å². The molecule has 0 atom stereocenters. The molecule has 4 aromatic carbocycles. The Morgan fingerprint density at radius 3 is 2.11 bits per heavy atom. The van der Waals surface area contributed by atoms with E-state index >= 15 is 0 Å². The van der Waals surface area contributed by atoms with E-state index in [9.17, 15) is 9.59 Å². The summed E-state index contributed by atoms with van der Waals surface area (Å²) in [5.41, 5.74) is 7.01. The Bertz CT molecular complexity index is 1680. The lowest BCUT2D eigenvalue weighted by Gasteiger charge is -2.35. The Balaban J connectivity index is 1.18. The molecule has 44 heavy (non-hydrogen) atoms. The van der Waals surface area contributed by atoms with Crippen molar-refractivity contribution in [1.82, 2.24) is 10.3 Å². The zero-order valence-electron chi connectivity index (χ0n) is 24.7. The molecule has 0 bridgehead atoms. The number of aromatic nitrogens is 1. The number of amides is 2. The highest BCUT2D eigenvalue weighted by Crippen LogP contribution is 2.30. The first-order valence-corrected chi connectivity index (χ1v) is 15.2. The van der Waals surface area contributed by atoms with Gasteiger partial charge in [0.2, 0.25) is 0 Å². The average molecular weight is 581 g/mol. The predicted molar refractivity (Wildman–Crippen MR) is 177 cm³/mol. The lowest BCUT2D eigenvalue weighted by molar-refractivity contribution is 0.0950. The molecule has 1 saturated heterocycles. The molecule has 1 fully saturated rings. The first-order valence-electron chi connectivity index (χ1n) is 15.2. The van der Waals surface area contributed by atoms with Gasteiger partial charge >= 0.3 is 0 Å². The van der Waals surface area contributed by atoms with Crippen molar-refractivity contribution in [2.24, 2.45) is 5.92 Å². The molecule has 1 aliphatic heterocycles. The number of rotatable bonds is 9. The highest BCUT2D eigenvalue weighted by atomic mass is 16.2. The molecule has 6 heteroatoms. The first kappa shape index (κ1) is 28.9. The summed E-state index contributed by atoms with van der Waals surface area (Å²) in [6.45, 7) is 2.12. The minimum Gasteiger partial charge on any atom is -0.371 e. The standard InChI is InChI=1S/C38H36N4O2/c43-37(33-15-13-32(14-16-33)31-11-5-2-6-12-31)41-34-17-18-36(35(25-34)38(44)40-27-30-10-7-21-39-26-30)42-22-19-29(20-23-42)24-28-8-3-1-4-9-28/h1-18,21,25-26,29H,19-20,22-24,27H2,(H,40,44)(H,41,43). The largest absolute Gasteiger partial charge is 0.371 e. The molecule has 1 aliphatic rings. The van der Waals surface area contributed by atoms with Gasteiger partial charge in [0.15, 0.2) is 0 Å². The maximum Gasteiger partial charge on any atom is 0.255 e. The molecule has 6 rings (SSSR count). The summed E-state index contributed by atoms with van der Waals surface area (Å²) in [7, 11) is 0. The van der Waals surface area contributed by atoms with E-state index in [4.69, 9.17) is 0 Å². The van der Waals surface area contributed by atoms with Gasteiger partial charge in [-0.15, -0.1) is 0 Å². The quantitative estimate of drug-likeness (QED) is 0.191. The summed E-state index contributed by atoms with van der Waals surface area (Å²) in [5, 5.41) is 6.06. The van der Waals surface area contributed by atoms with Gasteiger partial charge < -0.3 is 15.5 Å². The number of piperidine rings is 1. The van der Waals surface area contributed by atoms with Crippen LogP contribution >= 0.6 is 0 Å². The smallest absolute Gasteiger partial charge is 0.255 e. The van der Waals surface area contributed by atoms with Crippen molar-refractivity contribution < 1.29 is 9.59 Å². The Kier molecular flexibility index (Phi) is 9.07. The molecule has 2 amide bonds. The van der Waals surface area contributed by atoms with E-state index in [0.29, 0.717) is 29.3 Å². The SMILES string of the molecule is O=C(Nc1ccc(N2CCC(Cc3ccccc3)CC2)c(C(=O)NCc2cccnc2)c1)c1ccc(-c2ccccc2)cc1. The number of benzene rings is 4. The maximum atomic E-state index is 13.6. The van der Waals surface area contributed by atoms with Crippen LogP contribution in [0, 0.1) is 5.92 Å². The molecular weight excluding hydrogens is 544 g/mol. The van der Waals surface area contributed by atoms with E-state index in [-0.39, 0.29) is 11.8 Å².